The minimum Gasteiger partial charge on any atom is -0.507 e. The van der Waals surface area contributed by atoms with Gasteiger partial charge >= 0.3 is 0 Å². The van der Waals surface area contributed by atoms with Crippen LogP contribution in [0.5, 0.6) is 11.5 Å². The number of rotatable bonds is 11. The fourth-order valence-electron chi connectivity index (χ4n) is 5.27. The van der Waals surface area contributed by atoms with Crippen molar-refractivity contribution in [3.63, 3.8) is 0 Å². The van der Waals surface area contributed by atoms with Crippen molar-refractivity contribution in [3.05, 3.63) is 77.4 Å². The Balaban J connectivity index is 1.76. The molecule has 37 heavy (non-hydrogen) atoms. The van der Waals surface area contributed by atoms with E-state index in [1.54, 1.807) is 12.1 Å². The number of hydrogen-bond donors (Lipinski definition) is 4. The van der Waals surface area contributed by atoms with Gasteiger partial charge in [0.15, 0.2) is 5.75 Å². The molecule has 3 aromatic carbocycles. The molecule has 5 nitrogen and oxygen atoms in total. The van der Waals surface area contributed by atoms with Crippen LogP contribution in [-0.2, 0) is 11.8 Å². The summed E-state index contributed by atoms with van der Waals surface area (Å²) in [5, 5.41) is 33.4. The third-order valence-corrected chi connectivity index (χ3v) is 9.61. The van der Waals surface area contributed by atoms with E-state index in [0.29, 0.717) is 23.8 Å². The largest absolute Gasteiger partial charge is 0.507 e. The molecule has 3 unspecified atom stereocenters. The lowest BCUT2D eigenvalue weighted by atomic mass is 9.73. The van der Waals surface area contributed by atoms with E-state index in [2.05, 4.69) is 25.7 Å². The van der Waals surface area contributed by atoms with E-state index in [4.69, 9.17) is 5.73 Å². The number of nitrogens with two attached hydrogens (primary N) is 1. The van der Waals surface area contributed by atoms with Crippen LogP contribution in [0, 0.1) is 5.92 Å². The van der Waals surface area contributed by atoms with Crippen molar-refractivity contribution in [2.24, 2.45) is 11.7 Å². The topological polar surface area (TPSA) is 95.9 Å². The molecule has 0 amide bonds. The zero-order valence-electron chi connectivity index (χ0n) is 22.3. The first kappa shape index (κ1) is 27.6. The van der Waals surface area contributed by atoms with Gasteiger partial charge in [0.2, 0.25) is 0 Å². The van der Waals surface area contributed by atoms with Crippen molar-refractivity contribution in [1.82, 2.24) is 0 Å². The quantitative estimate of drug-likeness (QED) is 0.129. The van der Waals surface area contributed by atoms with Crippen molar-refractivity contribution < 1.29 is 20.4 Å². The van der Waals surface area contributed by atoms with Gasteiger partial charge in [-0.05, 0) is 90.6 Å². The van der Waals surface area contributed by atoms with Crippen molar-refractivity contribution in [2.45, 2.75) is 76.6 Å². The van der Waals surface area contributed by atoms with Crippen LogP contribution in [0.3, 0.4) is 0 Å². The fourth-order valence-corrected chi connectivity index (χ4v) is 6.46. The van der Waals surface area contributed by atoms with E-state index in [1.807, 2.05) is 55.5 Å². The molecule has 1 fully saturated rings. The van der Waals surface area contributed by atoms with Crippen molar-refractivity contribution in [3.8, 4) is 22.6 Å². The van der Waals surface area contributed by atoms with Crippen LogP contribution in [-0.4, -0.2) is 21.0 Å². The maximum absolute atomic E-state index is 11.6. The molecule has 0 bridgehead atoms. The predicted octanol–water partition coefficient (Wildman–Crippen LogP) is 6.65. The second kappa shape index (κ2) is 11.1. The fraction of sp³-hybridized carbons (Fsp3) is 0.419. The molecule has 0 aromatic heterocycles. The van der Waals surface area contributed by atoms with Gasteiger partial charge in [-0.1, -0.05) is 71.8 Å². The normalized spacial score (nSPS) is 17.9. The minimum atomic E-state index is -0.757. The van der Waals surface area contributed by atoms with E-state index in [0.717, 1.165) is 58.8 Å². The third kappa shape index (κ3) is 5.86. The number of aliphatic hydroxyl groups excluding tert-OH is 1. The lowest BCUT2D eigenvalue weighted by molar-refractivity contribution is -0.137. The Labute approximate surface area is 222 Å². The van der Waals surface area contributed by atoms with Gasteiger partial charge in [-0.3, -0.25) is 0 Å². The molecule has 0 saturated heterocycles. The molecule has 0 heterocycles. The Bertz CT molecular complexity index is 1240. The molecule has 4 atom stereocenters. The number of hydrogen-bond acceptors (Lipinski definition) is 5. The van der Waals surface area contributed by atoms with Crippen LogP contribution in [0.4, 0.5) is 0 Å². The van der Waals surface area contributed by atoms with Gasteiger partial charge in [0.1, 0.15) is 5.75 Å². The zero-order valence-corrected chi connectivity index (χ0v) is 23.3. The summed E-state index contributed by atoms with van der Waals surface area (Å²) in [5.74, 6) is 0.480. The number of para-hydroxylation sites is 1. The van der Waals surface area contributed by atoms with Gasteiger partial charge in [0.25, 0.3) is 0 Å². The number of phenolic OH excluding ortho intramolecular Hbond substituents is 1. The average Bonchev–Trinajstić information content (AvgIpc) is 3.76. The monoisotopic (exact) mass is 521 g/mol. The summed E-state index contributed by atoms with van der Waals surface area (Å²) in [5.41, 5.74) is 10.1. The van der Waals surface area contributed by atoms with Crippen molar-refractivity contribution in [1.29, 1.82) is 0 Å². The van der Waals surface area contributed by atoms with E-state index in [-0.39, 0.29) is 14.0 Å². The summed E-state index contributed by atoms with van der Waals surface area (Å²) < 4.78 is 0. The van der Waals surface area contributed by atoms with Gasteiger partial charge in [-0.15, -0.1) is 0 Å². The molecule has 5 N–H and O–H groups in total. The summed E-state index contributed by atoms with van der Waals surface area (Å²) in [7, 11) is 0.0554. The molecular formula is C31H40NO4P. The van der Waals surface area contributed by atoms with E-state index < -0.39 is 11.4 Å². The van der Waals surface area contributed by atoms with Gasteiger partial charge in [-0.2, -0.15) is 0 Å². The minimum absolute atomic E-state index is 0.0554. The first-order chi connectivity index (χ1) is 17.6. The summed E-state index contributed by atoms with van der Waals surface area (Å²) in [4.78, 5) is 4.63. The maximum Gasteiger partial charge on any atom is 0.172 e. The summed E-state index contributed by atoms with van der Waals surface area (Å²) >= 11 is 0. The maximum atomic E-state index is 11.6. The van der Waals surface area contributed by atoms with Gasteiger partial charge in [-0.25, -0.2) is 5.26 Å². The van der Waals surface area contributed by atoms with Crippen LogP contribution in [0.15, 0.2) is 60.7 Å². The Hall–Kier alpha value is -2.43. The second-order valence-corrected chi connectivity index (χ2v) is 12.4. The molecule has 1 aliphatic rings. The molecule has 198 valence electrons. The summed E-state index contributed by atoms with van der Waals surface area (Å²) in [6.07, 6.45) is 4.56. The highest BCUT2D eigenvalue weighted by molar-refractivity contribution is 7.47. The molecule has 1 saturated carbocycles. The average molecular weight is 522 g/mol. The second-order valence-electron chi connectivity index (χ2n) is 11.0. The van der Waals surface area contributed by atoms with Gasteiger partial charge < -0.3 is 20.8 Å². The molecule has 1 aliphatic carbocycles. The molecule has 6 heteroatoms. The Morgan fingerprint density at radius 1 is 1.00 bits per heavy atom. The molecule has 0 aliphatic heterocycles. The lowest BCUT2D eigenvalue weighted by Gasteiger charge is -2.33. The zero-order chi connectivity index (χ0) is 26.8. The Kier molecular flexibility index (Phi) is 8.30. The van der Waals surface area contributed by atoms with Gasteiger partial charge in [0.05, 0.1) is 5.85 Å². The molecule has 4 rings (SSSR count). The van der Waals surface area contributed by atoms with Crippen LogP contribution in [0.1, 0.15) is 75.9 Å². The lowest BCUT2D eigenvalue weighted by Crippen LogP contribution is -2.37. The van der Waals surface area contributed by atoms with E-state index in [9.17, 15) is 15.5 Å². The predicted molar refractivity (Wildman–Crippen MR) is 153 cm³/mol. The van der Waals surface area contributed by atoms with Crippen molar-refractivity contribution >= 4 is 13.9 Å². The van der Waals surface area contributed by atoms with Crippen molar-refractivity contribution in [2.75, 3.05) is 0 Å². The first-order valence-electron chi connectivity index (χ1n) is 13.2. The Morgan fingerprint density at radius 2 is 1.65 bits per heavy atom. The number of phenols is 1. The smallest absolute Gasteiger partial charge is 0.172 e. The molecule has 3 aromatic rings. The summed E-state index contributed by atoms with van der Waals surface area (Å²) in [6.45, 7) is 8.49. The van der Waals surface area contributed by atoms with E-state index in [1.165, 1.54) is 0 Å². The highest BCUT2D eigenvalue weighted by atomic mass is 31.1. The number of aliphatic hydroxyl groups is 1. The number of benzene rings is 3. The SMILES string of the molecule is CCC(C)(N)Cc1cc(C(O)Pc2ccccc2-c2ccccc2OO)cc([C@@](C)(CC)C2CC2)c1O. The third-order valence-electron chi connectivity index (χ3n) is 8.25. The summed E-state index contributed by atoms with van der Waals surface area (Å²) in [6, 6.07) is 19.1. The van der Waals surface area contributed by atoms with Crippen LogP contribution >= 0.6 is 8.58 Å². The van der Waals surface area contributed by atoms with Crippen LogP contribution < -0.4 is 15.9 Å². The highest BCUT2D eigenvalue weighted by Crippen LogP contribution is 2.53. The molecule has 0 spiro atoms. The first-order valence-corrected chi connectivity index (χ1v) is 14.3. The van der Waals surface area contributed by atoms with Gasteiger partial charge in [0, 0.05) is 16.7 Å². The van der Waals surface area contributed by atoms with Crippen LogP contribution in [0.25, 0.3) is 11.1 Å². The highest BCUT2D eigenvalue weighted by Gasteiger charge is 2.43. The molecular weight excluding hydrogens is 481 g/mol. The molecule has 0 radical (unpaired) electrons. The van der Waals surface area contributed by atoms with E-state index >= 15 is 0 Å². The van der Waals surface area contributed by atoms with Crippen LogP contribution in [0.2, 0.25) is 0 Å². The Morgan fingerprint density at radius 3 is 2.27 bits per heavy atom. The standard InChI is InChI=1S/C31H40NO4P/c1-5-30(3,32)19-21-17-20(18-25(28(21)33)31(4,6-2)22-15-16-22)29(34)37-27-14-10-8-12-24(27)23-11-7-9-13-26(23)36-35/h7-14,17-18,22,29,33-35,37H,5-6,15-16,19,32H2,1-4H3/t29?,30?,31-/m0/s1. The number of aromatic hydroxyl groups is 1.